The lowest BCUT2D eigenvalue weighted by molar-refractivity contribution is 0.173. The van der Waals surface area contributed by atoms with Crippen molar-refractivity contribution in [1.29, 1.82) is 0 Å². The number of benzene rings is 1. The number of hydrogen-bond donors (Lipinski definition) is 1. The lowest BCUT2D eigenvalue weighted by Gasteiger charge is -2.10. The Kier molecular flexibility index (Phi) is 3.98. The van der Waals surface area contributed by atoms with Gasteiger partial charge in [0, 0.05) is 22.9 Å². The predicted molar refractivity (Wildman–Crippen MR) is 79.0 cm³/mol. The van der Waals surface area contributed by atoms with Crippen LogP contribution in [0.2, 0.25) is 0 Å². The van der Waals surface area contributed by atoms with Gasteiger partial charge in [0.2, 0.25) is 6.79 Å². The van der Waals surface area contributed by atoms with Gasteiger partial charge in [0.05, 0.1) is 17.3 Å². The van der Waals surface area contributed by atoms with Crippen LogP contribution in [0.4, 0.5) is 0 Å². The summed E-state index contributed by atoms with van der Waals surface area (Å²) in [6.45, 7) is 4.69. The van der Waals surface area contributed by atoms with Crippen molar-refractivity contribution in [2.75, 3.05) is 6.79 Å². The molecule has 1 aliphatic rings. The van der Waals surface area contributed by atoms with Gasteiger partial charge in [-0.05, 0) is 6.07 Å². The Morgan fingerprint density at radius 3 is 2.76 bits per heavy atom. The molecule has 112 valence electrons. The van der Waals surface area contributed by atoms with E-state index in [9.17, 15) is 5.11 Å². The summed E-state index contributed by atoms with van der Waals surface area (Å²) in [7, 11) is 0. The molecule has 0 fully saturated rings. The fourth-order valence-electron chi connectivity index (χ4n) is 2.03. The molecule has 2 aromatic rings. The van der Waals surface area contributed by atoms with Crippen LogP contribution >= 0.6 is 11.3 Å². The maximum atomic E-state index is 9.43. The zero-order valence-electron chi connectivity index (χ0n) is 12.0. The largest absolute Gasteiger partial charge is 0.487 e. The number of aliphatic hydroxyl groups is 1. The predicted octanol–water partition coefficient (Wildman–Crippen LogP) is 3.07. The highest BCUT2D eigenvalue weighted by molar-refractivity contribution is 7.09. The van der Waals surface area contributed by atoms with Gasteiger partial charge in [0.25, 0.3) is 0 Å². The van der Waals surface area contributed by atoms with Crippen LogP contribution in [0.5, 0.6) is 17.2 Å². The summed E-state index contributed by atoms with van der Waals surface area (Å²) < 4.78 is 16.4. The van der Waals surface area contributed by atoms with Gasteiger partial charge in [0.15, 0.2) is 11.5 Å². The third-order valence-electron chi connectivity index (χ3n) is 3.17. The summed E-state index contributed by atoms with van der Waals surface area (Å²) >= 11 is 1.64. The van der Waals surface area contributed by atoms with Gasteiger partial charge in [-0.25, -0.2) is 4.98 Å². The molecular weight excluding hydrogens is 290 g/mol. The van der Waals surface area contributed by atoms with Gasteiger partial charge in [-0.15, -0.1) is 11.3 Å². The number of aromatic nitrogens is 1. The Morgan fingerprint density at radius 1 is 1.33 bits per heavy atom. The van der Waals surface area contributed by atoms with Crippen LogP contribution in [-0.2, 0) is 13.2 Å². The highest BCUT2D eigenvalue weighted by atomic mass is 32.1. The van der Waals surface area contributed by atoms with Crippen LogP contribution in [-0.4, -0.2) is 16.9 Å². The lowest BCUT2D eigenvalue weighted by Crippen LogP contribution is -2.00. The van der Waals surface area contributed by atoms with Crippen molar-refractivity contribution < 1.29 is 19.3 Å². The monoisotopic (exact) mass is 307 g/mol. The van der Waals surface area contributed by atoms with Crippen LogP contribution in [0.1, 0.15) is 36.0 Å². The molecule has 1 aliphatic heterocycles. The van der Waals surface area contributed by atoms with Gasteiger partial charge in [-0.1, -0.05) is 13.8 Å². The maximum Gasteiger partial charge on any atom is 0.231 e. The van der Waals surface area contributed by atoms with E-state index < -0.39 is 0 Å². The third kappa shape index (κ3) is 2.96. The van der Waals surface area contributed by atoms with E-state index in [1.54, 1.807) is 23.5 Å². The van der Waals surface area contributed by atoms with Crippen molar-refractivity contribution in [1.82, 2.24) is 4.98 Å². The zero-order chi connectivity index (χ0) is 14.8. The molecular formula is C15H17NO4S. The van der Waals surface area contributed by atoms with E-state index >= 15 is 0 Å². The second-order valence-corrected chi connectivity index (χ2v) is 5.98. The summed E-state index contributed by atoms with van der Waals surface area (Å²) in [5.74, 6) is 2.30. The number of rotatable bonds is 5. The van der Waals surface area contributed by atoms with Gasteiger partial charge in [0.1, 0.15) is 12.4 Å². The van der Waals surface area contributed by atoms with Crippen LogP contribution in [0, 0.1) is 0 Å². The number of thiazole rings is 1. The first-order chi connectivity index (χ1) is 10.2. The van der Waals surface area contributed by atoms with E-state index in [2.05, 4.69) is 18.8 Å². The molecule has 0 aliphatic carbocycles. The van der Waals surface area contributed by atoms with Crippen LogP contribution in [0.15, 0.2) is 17.5 Å². The Morgan fingerprint density at radius 2 is 2.10 bits per heavy atom. The molecule has 1 aromatic heterocycles. The average Bonchev–Trinajstić information content (AvgIpc) is 3.12. The van der Waals surface area contributed by atoms with E-state index in [1.165, 1.54) is 0 Å². The van der Waals surface area contributed by atoms with Crippen molar-refractivity contribution in [2.24, 2.45) is 0 Å². The first-order valence-corrected chi connectivity index (χ1v) is 7.66. The normalized spacial score (nSPS) is 13.0. The fourth-order valence-corrected chi connectivity index (χ4v) is 2.85. The van der Waals surface area contributed by atoms with Gasteiger partial charge in [-0.2, -0.15) is 0 Å². The molecule has 0 saturated carbocycles. The molecule has 5 nitrogen and oxygen atoms in total. The third-order valence-corrected chi connectivity index (χ3v) is 4.36. The van der Waals surface area contributed by atoms with Crippen molar-refractivity contribution in [2.45, 2.75) is 33.0 Å². The summed E-state index contributed by atoms with van der Waals surface area (Å²) in [6.07, 6.45) is 0. The van der Waals surface area contributed by atoms with E-state index in [1.807, 2.05) is 5.38 Å². The minimum atomic E-state index is -0.111. The molecule has 21 heavy (non-hydrogen) atoms. The molecule has 0 saturated heterocycles. The number of fused-ring (bicyclic) bond motifs is 1. The molecule has 2 heterocycles. The Labute approximate surface area is 127 Å². The van der Waals surface area contributed by atoms with E-state index in [-0.39, 0.29) is 13.4 Å². The first kappa shape index (κ1) is 14.2. The Balaban J connectivity index is 1.75. The van der Waals surface area contributed by atoms with Crippen LogP contribution in [0.3, 0.4) is 0 Å². The molecule has 1 aromatic carbocycles. The van der Waals surface area contributed by atoms with Gasteiger partial charge >= 0.3 is 0 Å². The molecule has 0 radical (unpaired) electrons. The van der Waals surface area contributed by atoms with Crippen molar-refractivity contribution in [3.05, 3.63) is 33.8 Å². The van der Waals surface area contributed by atoms with E-state index in [0.29, 0.717) is 35.3 Å². The smallest absolute Gasteiger partial charge is 0.231 e. The molecule has 6 heteroatoms. The summed E-state index contributed by atoms with van der Waals surface area (Å²) in [5.41, 5.74) is 1.57. The number of nitrogens with zero attached hydrogens (tertiary/aromatic N) is 1. The highest BCUT2D eigenvalue weighted by Gasteiger charge is 2.18. The summed E-state index contributed by atoms with van der Waals surface area (Å²) in [4.78, 5) is 4.53. The van der Waals surface area contributed by atoms with Crippen molar-refractivity contribution in [3.63, 3.8) is 0 Å². The molecule has 1 N–H and O–H groups in total. The topological polar surface area (TPSA) is 60.8 Å². The van der Waals surface area contributed by atoms with E-state index in [4.69, 9.17) is 14.2 Å². The second kappa shape index (κ2) is 5.91. The molecule has 0 unspecified atom stereocenters. The van der Waals surface area contributed by atoms with Crippen molar-refractivity contribution >= 4 is 11.3 Å². The zero-order valence-corrected chi connectivity index (χ0v) is 12.8. The van der Waals surface area contributed by atoms with Gasteiger partial charge < -0.3 is 19.3 Å². The highest BCUT2D eigenvalue weighted by Crippen LogP contribution is 2.38. The minimum Gasteiger partial charge on any atom is -0.487 e. The molecule has 0 amide bonds. The second-order valence-electron chi connectivity index (χ2n) is 5.09. The molecule has 3 rings (SSSR count). The average molecular weight is 307 g/mol. The quantitative estimate of drug-likeness (QED) is 0.920. The SMILES string of the molecule is CC(C)c1nc(COc2cc3c(cc2CO)OCO3)cs1. The lowest BCUT2D eigenvalue weighted by atomic mass is 10.2. The standard InChI is InChI=1S/C15H17NO4S/c1-9(2)15-16-11(7-21-15)6-18-12-4-14-13(19-8-20-14)3-10(12)5-17/h3-4,7,9,17H,5-6,8H2,1-2H3. The number of hydrogen-bond acceptors (Lipinski definition) is 6. The van der Waals surface area contributed by atoms with Crippen LogP contribution < -0.4 is 14.2 Å². The summed E-state index contributed by atoms with van der Waals surface area (Å²) in [5, 5.41) is 12.5. The Hall–Kier alpha value is -1.79. The van der Waals surface area contributed by atoms with Gasteiger partial charge in [-0.3, -0.25) is 0 Å². The molecule has 0 spiro atoms. The van der Waals surface area contributed by atoms with Crippen LogP contribution in [0.25, 0.3) is 0 Å². The maximum absolute atomic E-state index is 9.43. The molecule has 0 bridgehead atoms. The summed E-state index contributed by atoms with van der Waals surface area (Å²) in [6, 6.07) is 3.50. The van der Waals surface area contributed by atoms with E-state index in [0.717, 1.165) is 10.7 Å². The minimum absolute atomic E-state index is 0.111. The first-order valence-electron chi connectivity index (χ1n) is 6.78. The molecule has 0 atom stereocenters. The Bertz CT molecular complexity index is 639. The number of ether oxygens (including phenoxy) is 3. The number of aliphatic hydroxyl groups excluding tert-OH is 1. The fraction of sp³-hybridized carbons (Fsp3) is 0.400. The van der Waals surface area contributed by atoms with Crippen molar-refractivity contribution in [3.8, 4) is 17.2 Å².